The maximum atomic E-state index is 13.0. The van der Waals surface area contributed by atoms with E-state index in [0.29, 0.717) is 17.6 Å². The van der Waals surface area contributed by atoms with Crippen LogP contribution in [0.5, 0.6) is 0 Å². The molecule has 3 amide bonds. The molecule has 2 aliphatic heterocycles. The van der Waals surface area contributed by atoms with Crippen molar-refractivity contribution in [2.24, 2.45) is 5.92 Å². The van der Waals surface area contributed by atoms with Gasteiger partial charge >= 0.3 is 6.09 Å². The van der Waals surface area contributed by atoms with Crippen LogP contribution in [-0.4, -0.2) is 34.1 Å². The van der Waals surface area contributed by atoms with Crippen molar-refractivity contribution in [1.29, 1.82) is 0 Å². The van der Waals surface area contributed by atoms with Crippen LogP contribution in [0.3, 0.4) is 0 Å². The minimum Gasteiger partial charge on any atom is -0.473 e. The molecule has 1 aromatic heterocycles. The van der Waals surface area contributed by atoms with Crippen LogP contribution in [0, 0.1) is 5.92 Å². The molecule has 1 fully saturated rings. The molecule has 1 saturated heterocycles. The molecule has 3 atom stereocenters. The van der Waals surface area contributed by atoms with E-state index in [0.717, 1.165) is 27.3 Å². The number of amides is 3. The van der Waals surface area contributed by atoms with Gasteiger partial charge in [0.2, 0.25) is 6.23 Å². The molecular weight excluding hydrogens is 416 g/mol. The van der Waals surface area contributed by atoms with E-state index in [-0.39, 0.29) is 11.8 Å². The number of carboxylic acid groups (broad SMARTS) is 1. The summed E-state index contributed by atoms with van der Waals surface area (Å²) in [4.78, 5) is 40.1. The zero-order chi connectivity index (χ0) is 21.9. The number of rotatable bonds is 3. The normalized spacial score (nSPS) is 26.1. The molecule has 0 bridgehead atoms. The minimum absolute atomic E-state index is 0.143. The quantitative estimate of drug-likeness (QED) is 0.578. The van der Waals surface area contributed by atoms with Gasteiger partial charge in [0, 0.05) is 16.9 Å². The standard InChI is InChI=1S/C23H20N2O5S/c1-12-13(2)22(24(20(12)26)15-7-8-31-11-15)30-10-18-17-9-14-5-3-4-6-16(14)19(17)25(21(18)27)23(28)29/h3-8,10-11,17,19,22H,9H2,1-2H3,(H,28,29). The van der Waals surface area contributed by atoms with E-state index in [1.807, 2.05) is 48.0 Å². The summed E-state index contributed by atoms with van der Waals surface area (Å²) in [6, 6.07) is 8.88. The van der Waals surface area contributed by atoms with E-state index in [2.05, 4.69) is 0 Å². The van der Waals surface area contributed by atoms with E-state index in [1.54, 1.807) is 11.8 Å². The number of hydrogen-bond donors (Lipinski definition) is 1. The third kappa shape index (κ3) is 2.82. The number of imide groups is 1. The number of fused-ring (bicyclic) bond motifs is 3. The second-order valence-electron chi connectivity index (χ2n) is 7.94. The number of ether oxygens (including phenoxy) is 1. The van der Waals surface area contributed by atoms with Crippen LogP contribution in [0.2, 0.25) is 0 Å². The number of benzene rings is 1. The largest absolute Gasteiger partial charge is 0.473 e. The molecule has 3 unspecified atom stereocenters. The molecular formula is C23H20N2O5S. The van der Waals surface area contributed by atoms with Gasteiger partial charge in [-0.1, -0.05) is 24.3 Å². The molecule has 1 aliphatic carbocycles. The van der Waals surface area contributed by atoms with Crippen molar-refractivity contribution in [1.82, 2.24) is 4.90 Å². The predicted molar refractivity (Wildman–Crippen MR) is 114 cm³/mol. The molecule has 1 aromatic carbocycles. The summed E-state index contributed by atoms with van der Waals surface area (Å²) >= 11 is 1.48. The Morgan fingerprint density at radius 1 is 1.19 bits per heavy atom. The zero-order valence-corrected chi connectivity index (χ0v) is 17.8. The highest BCUT2D eigenvalue weighted by atomic mass is 32.1. The highest BCUT2D eigenvalue weighted by molar-refractivity contribution is 7.08. The van der Waals surface area contributed by atoms with Crippen molar-refractivity contribution >= 4 is 34.9 Å². The Morgan fingerprint density at radius 2 is 1.97 bits per heavy atom. The van der Waals surface area contributed by atoms with Crippen LogP contribution in [0.4, 0.5) is 10.5 Å². The van der Waals surface area contributed by atoms with E-state index in [9.17, 15) is 19.5 Å². The van der Waals surface area contributed by atoms with Crippen LogP contribution in [-0.2, 0) is 20.7 Å². The topological polar surface area (TPSA) is 87.2 Å². The summed E-state index contributed by atoms with van der Waals surface area (Å²) in [5.41, 5.74) is 4.30. The molecule has 158 valence electrons. The lowest BCUT2D eigenvalue weighted by Gasteiger charge is -2.25. The first-order valence-electron chi connectivity index (χ1n) is 9.93. The molecule has 3 aliphatic rings. The van der Waals surface area contributed by atoms with Gasteiger partial charge in [0.25, 0.3) is 11.8 Å². The molecule has 2 aromatic rings. The lowest BCUT2D eigenvalue weighted by molar-refractivity contribution is -0.124. The highest BCUT2D eigenvalue weighted by Gasteiger charge is 2.52. The zero-order valence-electron chi connectivity index (χ0n) is 16.9. The summed E-state index contributed by atoms with van der Waals surface area (Å²) in [6.07, 6.45) is -0.0163. The number of thiophene rings is 1. The second-order valence-corrected chi connectivity index (χ2v) is 8.72. The molecule has 7 nitrogen and oxygen atoms in total. The summed E-state index contributed by atoms with van der Waals surface area (Å²) in [7, 11) is 0. The SMILES string of the molecule is CC1=C(C)C(OC=C2C(=O)N(C(=O)O)C3c4ccccc4CC23)N(c2ccsc2)C1=O. The van der Waals surface area contributed by atoms with Crippen molar-refractivity contribution in [3.63, 3.8) is 0 Å². The molecule has 3 heterocycles. The lowest BCUT2D eigenvalue weighted by Crippen LogP contribution is -2.36. The second kappa shape index (κ2) is 7.09. The van der Waals surface area contributed by atoms with Gasteiger partial charge in [0.05, 0.1) is 23.6 Å². The van der Waals surface area contributed by atoms with Gasteiger partial charge in [0.1, 0.15) is 0 Å². The number of carbonyl (C=O) groups excluding carboxylic acids is 2. The van der Waals surface area contributed by atoms with Crippen LogP contribution >= 0.6 is 11.3 Å². The van der Waals surface area contributed by atoms with Crippen LogP contribution in [0.15, 0.2) is 64.1 Å². The van der Waals surface area contributed by atoms with Crippen molar-refractivity contribution in [2.75, 3.05) is 4.90 Å². The number of anilines is 1. The summed E-state index contributed by atoms with van der Waals surface area (Å²) in [5, 5.41) is 13.5. The van der Waals surface area contributed by atoms with Gasteiger partial charge in [0.15, 0.2) is 0 Å². The molecule has 0 saturated carbocycles. The van der Waals surface area contributed by atoms with E-state index in [1.165, 1.54) is 17.6 Å². The average molecular weight is 436 g/mol. The highest BCUT2D eigenvalue weighted by Crippen LogP contribution is 2.49. The third-order valence-corrected chi connectivity index (χ3v) is 7.06. The summed E-state index contributed by atoms with van der Waals surface area (Å²) < 4.78 is 6.03. The van der Waals surface area contributed by atoms with Gasteiger partial charge < -0.3 is 9.84 Å². The molecule has 31 heavy (non-hydrogen) atoms. The van der Waals surface area contributed by atoms with Gasteiger partial charge in [-0.15, -0.1) is 0 Å². The maximum absolute atomic E-state index is 13.0. The maximum Gasteiger partial charge on any atom is 0.414 e. The van der Waals surface area contributed by atoms with Gasteiger partial charge in [-0.25, -0.2) is 9.69 Å². The van der Waals surface area contributed by atoms with Gasteiger partial charge in [-0.2, -0.15) is 11.3 Å². The smallest absolute Gasteiger partial charge is 0.414 e. The first-order valence-corrected chi connectivity index (χ1v) is 10.9. The Hall–Kier alpha value is -3.39. The van der Waals surface area contributed by atoms with Gasteiger partial charge in [-0.05, 0) is 48.4 Å². The number of hydrogen-bond acceptors (Lipinski definition) is 5. The summed E-state index contributed by atoms with van der Waals surface area (Å²) in [6.45, 7) is 3.58. The molecule has 5 rings (SSSR count). The fourth-order valence-corrected chi connectivity index (χ4v) is 5.35. The van der Waals surface area contributed by atoms with Crippen molar-refractivity contribution in [3.8, 4) is 0 Å². The number of carbonyl (C=O) groups is 3. The van der Waals surface area contributed by atoms with E-state index < -0.39 is 24.3 Å². The van der Waals surface area contributed by atoms with Crippen LogP contribution in [0.25, 0.3) is 0 Å². The molecule has 0 spiro atoms. The number of nitrogens with zero attached hydrogens (tertiary/aromatic N) is 2. The fourth-order valence-electron chi connectivity index (χ4n) is 4.72. The Balaban J connectivity index is 1.50. The Labute approximate surface area is 182 Å². The summed E-state index contributed by atoms with van der Waals surface area (Å²) in [5.74, 6) is -1.02. The predicted octanol–water partition coefficient (Wildman–Crippen LogP) is 4.09. The van der Waals surface area contributed by atoms with Gasteiger partial charge in [-0.3, -0.25) is 14.5 Å². The third-order valence-electron chi connectivity index (χ3n) is 6.39. The first-order chi connectivity index (χ1) is 14.9. The molecule has 1 N–H and O–H groups in total. The Bertz CT molecular complexity index is 1170. The Kier molecular flexibility index (Phi) is 4.48. The minimum atomic E-state index is -1.28. The van der Waals surface area contributed by atoms with Crippen molar-refractivity contribution in [2.45, 2.75) is 32.5 Å². The van der Waals surface area contributed by atoms with Crippen LogP contribution in [0.1, 0.15) is 31.0 Å². The van der Waals surface area contributed by atoms with Crippen LogP contribution < -0.4 is 4.90 Å². The number of likely N-dealkylation sites (tertiary alicyclic amines) is 1. The van der Waals surface area contributed by atoms with Crippen molar-refractivity contribution in [3.05, 3.63) is 75.2 Å². The Morgan fingerprint density at radius 3 is 2.68 bits per heavy atom. The van der Waals surface area contributed by atoms with E-state index >= 15 is 0 Å². The molecule has 8 heteroatoms. The van der Waals surface area contributed by atoms with Crippen molar-refractivity contribution < 1.29 is 24.2 Å². The lowest BCUT2D eigenvalue weighted by atomic mass is 9.97. The molecule has 0 radical (unpaired) electrons. The average Bonchev–Trinajstić information content (AvgIpc) is 3.48. The van der Waals surface area contributed by atoms with E-state index in [4.69, 9.17) is 4.74 Å². The first kappa shape index (κ1) is 19.6. The fraction of sp³-hybridized carbons (Fsp3) is 0.261. The monoisotopic (exact) mass is 436 g/mol.